The Morgan fingerprint density at radius 2 is 1.09 bits per heavy atom. The Labute approximate surface area is 254 Å². The zero-order valence-corrected chi connectivity index (χ0v) is 26.8. The van der Waals surface area contributed by atoms with Crippen molar-refractivity contribution in [2.75, 3.05) is 14.2 Å². The van der Waals surface area contributed by atoms with Crippen LogP contribution >= 0.6 is 0 Å². The second-order valence-corrected chi connectivity index (χ2v) is 10.9. The van der Waals surface area contributed by atoms with Crippen molar-refractivity contribution in [3.63, 3.8) is 0 Å². The standard InChI is InChI=1S/C35H44N4O4/c1-9-22-18-36-30(24(22)11-3)15-28-20(5)26(13-34(40)42-7)32(38-28)17-33-27(14-35(41)43-8)21(6)29(39-33)16-31-25(12-4)23(10-2)19-37-31/h15-16,18-19,38-39H,9-14,17H2,1-8H3. The summed E-state index contributed by atoms with van der Waals surface area (Å²) in [6.07, 6.45) is 12.4. The first-order valence-electron chi connectivity index (χ1n) is 15.2. The van der Waals surface area contributed by atoms with Gasteiger partial charge >= 0.3 is 11.9 Å². The van der Waals surface area contributed by atoms with Crippen LogP contribution in [0.5, 0.6) is 0 Å². The lowest BCUT2D eigenvalue weighted by Crippen LogP contribution is -2.09. The molecule has 2 N–H and O–H groups in total. The van der Waals surface area contributed by atoms with Crippen LogP contribution in [-0.4, -0.2) is 48.6 Å². The Kier molecular flexibility index (Phi) is 10.2. The van der Waals surface area contributed by atoms with Crippen molar-refractivity contribution >= 4 is 36.5 Å². The number of carbonyl (C=O) groups excluding carboxylic acids is 2. The molecule has 43 heavy (non-hydrogen) atoms. The van der Waals surface area contributed by atoms with E-state index >= 15 is 0 Å². The molecule has 0 aromatic carbocycles. The Hall–Kier alpha value is -4.20. The zero-order valence-electron chi connectivity index (χ0n) is 26.8. The van der Waals surface area contributed by atoms with Gasteiger partial charge in [0.2, 0.25) is 0 Å². The fourth-order valence-electron chi connectivity index (χ4n) is 6.00. The Balaban J connectivity index is 1.81. The van der Waals surface area contributed by atoms with E-state index < -0.39 is 0 Å². The molecule has 2 aromatic rings. The molecule has 228 valence electrons. The molecule has 2 aliphatic rings. The summed E-state index contributed by atoms with van der Waals surface area (Å²) in [7, 11) is 2.81. The van der Waals surface area contributed by atoms with Gasteiger partial charge in [-0.1, -0.05) is 27.7 Å². The number of aliphatic imine (C=N–C) groups is 2. The van der Waals surface area contributed by atoms with E-state index in [0.29, 0.717) is 6.42 Å². The third-order valence-electron chi connectivity index (χ3n) is 8.61. The smallest absolute Gasteiger partial charge is 0.310 e. The van der Waals surface area contributed by atoms with E-state index in [1.54, 1.807) is 0 Å². The van der Waals surface area contributed by atoms with Crippen LogP contribution in [0.25, 0.3) is 12.2 Å². The van der Waals surface area contributed by atoms with E-state index in [4.69, 9.17) is 19.5 Å². The van der Waals surface area contributed by atoms with E-state index in [2.05, 4.69) is 49.8 Å². The number of rotatable bonds is 12. The van der Waals surface area contributed by atoms with Crippen molar-refractivity contribution in [2.24, 2.45) is 9.98 Å². The van der Waals surface area contributed by atoms with E-state index in [-0.39, 0.29) is 24.8 Å². The summed E-state index contributed by atoms with van der Waals surface area (Å²) in [4.78, 5) is 41.6. The molecule has 4 rings (SSSR count). The summed E-state index contributed by atoms with van der Waals surface area (Å²) in [6.45, 7) is 12.6. The van der Waals surface area contributed by atoms with Crippen molar-refractivity contribution in [2.45, 2.75) is 86.5 Å². The summed E-state index contributed by atoms with van der Waals surface area (Å²) in [6, 6.07) is 0. The van der Waals surface area contributed by atoms with E-state index in [9.17, 15) is 9.59 Å². The van der Waals surface area contributed by atoms with Gasteiger partial charge in [-0.15, -0.1) is 0 Å². The first kappa shape index (κ1) is 31.7. The fraction of sp³-hybridized carbons (Fsp3) is 0.429. The number of allylic oxidation sites excluding steroid dienone is 4. The molecular weight excluding hydrogens is 540 g/mol. The van der Waals surface area contributed by atoms with Gasteiger partial charge in [0.15, 0.2) is 0 Å². The van der Waals surface area contributed by atoms with Crippen molar-refractivity contribution < 1.29 is 19.1 Å². The van der Waals surface area contributed by atoms with E-state index in [0.717, 1.165) is 82.1 Å². The summed E-state index contributed by atoms with van der Waals surface area (Å²) in [5.41, 5.74) is 14.2. The molecule has 0 fully saturated rings. The van der Waals surface area contributed by atoms with Gasteiger partial charge in [-0.2, -0.15) is 0 Å². The van der Waals surface area contributed by atoms with Crippen LogP contribution in [0.4, 0.5) is 0 Å². The van der Waals surface area contributed by atoms with E-state index in [1.807, 2.05) is 26.3 Å². The Morgan fingerprint density at radius 1 is 0.698 bits per heavy atom. The number of hydrogen-bond acceptors (Lipinski definition) is 6. The fourth-order valence-corrected chi connectivity index (χ4v) is 6.00. The molecule has 0 saturated heterocycles. The summed E-state index contributed by atoms with van der Waals surface area (Å²) in [5.74, 6) is -0.618. The van der Waals surface area contributed by atoms with Crippen LogP contribution < -0.4 is 0 Å². The average molecular weight is 585 g/mol. The maximum absolute atomic E-state index is 12.5. The van der Waals surface area contributed by atoms with Gasteiger partial charge in [0.25, 0.3) is 0 Å². The highest BCUT2D eigenvalue weighted by atomic mass is 16.5. The number of nitrogens with one attached hydrogen (secondary N) is 2. The van der Waals surface area contributed by atoms with E-state index in [1.165, 1.54) is 36.5 Å². The first-order valence-corrected chi connectivity index (χ1v) is 15.2. The number of methoxy groups -OCH3 is 2. The topological polar surface area (TPSA) is 109 Å². The number of H-pyrrole nitrogens is 2. The number of hydrogen-bond donors (Lipinski definition) is 2. The van der Waals surface area contributed by atoms with Gasteiger partial charge in [-0.3, -0.25) is 19.6 Å². The minimum Gasteiger partial charge on any atom is -0.469 e. The molecule has 0 aliphatic carbocycles. The highest BCUT2D eigenvalue weighted by molar-refractivity contribution is 5.89. The lowest BCUT2D eigenvalue weighted by molar-refractivity contribution is -0.140. The molecule has 0 atom stereocenters. The Bertz CT molecular complexity index is 1490. The molecule has 2 aliphatic heterocycles. The van der Waals surface area contributed by atoms with Crippen molar-refractivity contribution in [3.05, 3.63) is 78.7 Å². The maximum Gasteiger partial charge on any atom is 0.310 e. The summed E-state index contributed by atoms with van der Waals surface area (Å²) < 4.78 is 10.1. The SMILES string of the molecule is CCC1=C(CC)C(=Cc2[nH]c(Cc3[nH]c(C=C4N=CC(CC)=C4CC)c(C)c3CC(=O)OC)c(CC(=O)OC)c2C)N=C1. The summed E-state index contributed by atoms with van der Waals surface area (Å²) >= 11 is 0. The predicted molar refractivity (Wildman–Crippen MR) is 173 cm³/mol. The van der Waals surface area contributed by atoms with Crippen LogP contribution in [0.3, 0.4) is 0 Å². The van der Waals surface area contributed by atoms with Gasteiger partial charge < -0.3 is 19.4 Å². The summed E-state index contributed by atoms with van der Waals surface area (Å²) in [5, 5.41) is 0. The van der Waals surface area contributed by atoms with Gasteiger partial charge in [0.1, 0.15) is 0 Å². The maximum atomic E-state index is 12.5. The number of aromatic amines is 2. The molecule has 0 amide bonds. The van der Waals surface area contributed by atoms with Crippen LogP contribution in [-0.2, 0) is 38.3 Å². The number of nitrogens with zero attached hydrogens (tertiary/aromatic N) is 2. The molecule has 8 heteroatoms. The van der Waals surface area contributed by atoms with Crippen molar-refractivity contribution in [1.29, 1.82) is 0 Å². The highest BCUT2D eigenvalue weighted by Gasteiger charge is 2.23. The Morgan fingerprint density at radius 3 is 1.42 bits per heavy atom. The van der Waals surface area contributed by atoms with Gasteiger partial charge in [-0.25, -0.2) is 0 Å². The van der Waals surface area contributed by atoms with Gasteiger partial charge in [0, 0.05) is 41.6 Å². The third-order valence-corrected chi connectivity index (χ3v) is 8.61. The van der Waals surface area contributed by atoms with Crippen molar-refractivity contribution in [1.82, 2.24) is 9.97 Å². The molecule has 2 aromatic heterocycles. The largest absolute Gasteiger partial charge is 0.469 e. The molecule has 0 saturated carbocycles. The molecule has 0 radical (unpaired) electrons. The van der Waals surface area contributed by atoms with Crippen molar-refractivity contribution in [3.8, 4) is 0 Å². The lowest BCUT2D eigenvalue weighted by atomic mass is 9.99. The normalized spacial score (nSPS) is 16.5. The molecule has 0 bridgehead atoms. The van der Waals surface area contributed by atoms with Gasteiger partial charge in [0.05, 0.1) is 38.5 Å². The molecule has 0 unspecified atom stereocenters. The van der Waals surface area contributed by atoms with Gasteiger partial charge in [-0.05, 0) is 96.2 Å². The second kappa shape index (κ2) is 13.8. The average Bonchev–Trinajstić information content (AvgIpc) is 3.75. The molecular formula is C35H44N4O4. The molecule has 0 spiro atoms. The number of ether oxygens (including phenoxy) is 2. The monoisotopic (exact) mass is 584 g/mol. The minimum atomic E-state index is -0.309. The minimum absolute atomic E-state index is 0.138. The number of carbonyl (C=O) groups is 2. The quantitative estimate of drug-likeness (QED) is 0.260. The zero-order chi connectivity index (χ0) is 31.3. The second-order valence-electron chi connectivity index (χ2n) is 10.9. The number of aromatic nitrogens is 2. The third kappa shape index (κ3) is 6.58. The highest BCUT2D eigenvalue weighted by Crippen LogP contribution is 2.33. The lowest BCUT2D eigenvalue weighted by Gasteiger charge is -2.07. The van der Waals surface area contributed by atoms with Crippen LogP contribution in [0.15, 0.2) is 43.7 Å². The first-order chi connectivity index (χ1) is 20.7. The predicted octanol–water partition coefficient (Wildman–Crippen LogP) is 7.07. The van der Waals surface area contributed by atoms with Crippen LogP contribution in [0.1, 0.15) is 98.4 Å². The molecule has 4 heterocycles. The number of esters is 2. The molecule has 8 nitrogen and oxygen atoms in total. The van der Waals surface area contributed by atoms with Crippen LogP contribution in [0, 0.1) is 13.8 Å². The van der Waals surface area contributed by atoms with Crippen LogP contribution in [0.2, 0.25) is 0 Å².